The Bertz CT molecular complexity index is 481. The zero-order chi connectivity index (χ0) is 15.6. The first kappa shape index (κ1) is 16.0. The average Bonchev–Trinajstić information content (AvgIpc) is 3.25. The number of hydrogen-bond acceptors (Lipinski definition) is 2. The Morgan fingerprint density at radius 3 is 2.33 bits per heavy atom. The molecule has 1 saturated carbocycles. The van der Waals surface area contributed by atoms with Crippen molar-refractivity contribution in [1.29, 1.82) is 0 Å². The predicted molar refractivity (Wildman–Crippen MR) is 85.0 cm³/mol. The summed E-state index contributed by atoms with van der Waals surface area (Å²) < 4.78 is 0. The number of amides is 1. The van der Waals surface area contributed by atoms with Crippen molar-refractivity contribution >= 4 is 5.91 Å². The Kier molecular flexibility index (Phi) is 4.72. The van der Waals surface area contributed by atoms with E-state index in [1.807, 2.05) is 62.9 Å². The fourth-order valence-electron chi connectivity index (χ4n) is 3.39. The van der Waals surface area contributed by atoms with Crippen molar-refractivity contribution in [2.45, 2.75) is 45.6 Å². The second-order valence-electron chi connectivity index (χ2n) is 6.36. The van der Waals surface area contributed by atoms with E-state index in [4.69, 9.17) is 0 Å². The number of carbonyl (C=O) groups excluding carboxylic acids is 1. The van der Waals surface area contributed by atoms with Crippen LogP contribution in [0, 0.1) is 11.8 Å². The lowest BCUT2D eigenvalue weighted by atomic mass is 9.87. The molecule has 3 atom stereocenters. The number of aliphatic hydroxyl groups is 1. The largest absolute Gasteiger partial charge is 0.393 e. The summed E-state index contributed by atoms with van der Waals surface area (Å²) in [6.45, 7) is 9.48. The van der Waals surface area contributed by atoms with E-state index in [1.54, 1.807) is 0 Å². The molecule has 0 bridgehead atoms. The van der Waals surface area contributed by atoms with Gasteiger partial charge in [0.1, 0.15) is 0 Å². The lowest BCUT2D eigenvalue weighted by Gasteiger charge is -2.28. The third kappa shape index (κ3) is 2.71. The molecule has 1 fully saturated rings. The fraction of sp³-hybridized carbons (Fsp3) is 0.611. The highest BCUT2D eigenvalue weighted by Crippen LogP contribution is 2.58. The number of likely N-dealkylation sites (N-methyl/N-ethyl adjacent to an activating group) is 1. The molecule has 0 aromatic heterocycles. The van der Waals surface area contributed by atoms with Crippen LogP contribution < -0.4 is 0 Å². The summed E-state index contributed by atoms with van der Waals surface area (Å²) in [7, 11) is 0. The van der Waals surface area contributed by atoms with Gasteiger partial charge >= 0.3 is 0 Å². The van der Waals surface area contributed by atoms with Crippen LogP contribution in [0.15, 0.2) is 30.3 Å². The van der Waals surface area contributed by atoms with E-state index in [0.29, 0.717) is 13.1 Å². The van der Waals surface area contributed by atoms with Gasteiger partial charge in [-0.15, -0.1) is 0 Å². The van der Waals surface area contributed by atoms with Crippen LogP contribution >= 0.6 is 0 Å². The van der Waals surface area contributed by atoms with Gasteiger partial charge < -0.3 is 10.0 Å². The van der Waals surface area contributed by atoms with Gasteiger partial charge in [0.05, 0.1) is 11.5 Å². The van der Waals surface area contributed by atoms with Gasteiger partial charge in [0.2, 0.25) is 5.91 Å². The van der Waals surface area contributed by atoms with Crippen LogP contribution in [0.4, 0.5) is 0 Å². The molecule has 1 amide bonds. The van der Waals surface area contributed by atoms with Crippen molar-refractivity contribution in [3.63, 3.8) is 0 Å². The fourth-order valence-corrected chi connectivity index (χ4v) is 3.39. The minimum absolute atomic E-state index is 0.0352. The summed E-state index contributed by atoms with van der Waals surface area (Å²) in [4.78, 5) is 14.9. The van der Waals surface area contributed by atoms with Crippen LogP contribution in [0.1, 0.15) is 39.7 Å². The predicted octanol–water partition coefficient (Wildman–Crippen LogP) is 2.83. The van der Waals surface area contributed by atoms with Crippen molar-refractivity contribution in [3.8, 4) is 0 Å². The van der Waals surface area contributed by atoms with Crippen molar-refractivity contribution in [2.75, 3.05) is 13.1 Å². The van der Waals surface area contributed by atoms with Gasteiger partial charge in [-0.05, 0) is 31.7 Å². The van der Waals surface area contributed by atoms with Gasteiger partial charge in [0, 0.05) is 19.0 Å². The summed E-state index contributed by atoms with van der Waals surface area (Å²) >= 11 is 0. The number of aliphatic hydroxyl groups excluding tert-OH is 1. The molecule has 116 valence electrons. The number of hydrogen-bond donors (Lipinski definition) is 1. The molecule has 0 radical (unpaired) electrons. The zero-order valence-corrected chi connectivity index (χ0v) is 13.5. The van der Waals surface area contributed by atoms with Gasteiger partial charge in [0.25, 0.3) is 0 Å². The van der Waals surface area contributed by atoms with E-state index in [-0.39, 0.29) is 17.7 Å². The second-order valence-corrected chi connectivity index (χ2v) is 6.36. The Hall–Kier alpha value is -1.35. The Morgan fingerprint density at radius 2 is 1.86 bits per heavy atom. The van der Waals surface area contributed by atoms with Gasteiger partial charge in [-0.25, -0.2) is 0 Å². The monoisotopic (exact) mass is 289 g/mol. The summed E-state index contributed by atoms with van der Waals surface area (Å²) in [5, 5.41) is 10.5. The highest BCUT2D eigenvalue weighted by Gasteiger charge is 2.64. The van der Waals surface area contributed by atoms with Gasteiger partial charge in [0.15, 0.2) is 0 Å². The van der Waals surface area contributed by atoms with Crippen molar-refractivity contribution in [3.05, 3.63) is 35.9 Å². The minimum Gasteiger partial charge on any atom is -0.393 e. The van der Waals surface area contributed by atoms with Crippen LogP contribution in [-0.2, 0) is 10.2 Å². The van der Waals surface area contributed by atoms with Gasteiger partial charge in [-0.3, -0.25) is 4.79 Å². The first-order valence-corrected chi connectivity index (χ1v) is 8.02. The summed E-state index contributed by atoms with van der Waals surface area (Å²) in [6, 6.07) is 9.96. The molecule has 1 aromatic rings. The molecule has 1 N–H and O–H groups in total. The van der Waals surface area contributed by atoms with Gasteiger partial charge in [-0.2, -0.15) is 0 Å². The molecule has 0 saturated heterocycles. The molecule has 1 aliphatic rings. The van der Waals surface area contributed by atoms with E-state index in [9.17, 15) is 9.90 Å². The number of rotatable bonds is 6. The van der Waals surface area contributed by atoms with E-state index < -0.39 is 11.5 Å². The highest BCUT2D eigenvalue weighted by atomic mass is 16.3. The molecule has 0 heterocycles. The SMILES string of the molecule is CCN(CC)C(=O)[C@@]1(c2ccccc2)C[C@H]1[C@@H](O)C(C)C. The molecule has 1 aromatic carbocycles. The molecule has 2 rings (SSSR count). The third-order valence-corrected chi connectivity index (χ3v) is 4.83. The van der Waals surface area contributed by atoms with Crippen molar-refractivity contribution in [2.24, 2.45) is 11.8 Å². The van der Waals surface area contributed by atoms with Crippen LogP contribution in [-0.4, -0.2) is 35.1 Å². The smallest absolute Gasteiger partial charge is 0.233 e. The molecular formula is C18H27NO2. The second kappa shape index (κ2) is 6.18. The summed E-state index contributed by atoms with van der Waals surface area (Å²) in [5.41, 5.74) is 0.531. The topological polar surface area (TPSA) is 40.5 Å². The summed E-state index contributed by atoms with van der Waals surface area (Å²) in [6.07, 6.45) is 0.329. The standard InChI is InChI=1S/C18H27NO2/c1-5-19(6-2)17(21)18(14-10-8-7-9-11-14)12-15(18)16(20)13(3)4/h7-11,13,15-16,20H,5-6,12H2,1-4H3/t15-,16-,18+/m0/s1. The van der Waals surface area contributed by atoms with E-state index in [0.717, 1.165) is 12.0 Å². The van der Waals surface area contributed by atoms with Crippen LogP contribution in [0.5, 0.6) is 0 Å². The third-order valence-electron chi connectivity index (χ3n) is 4.83. The minimum atomic E-state index is -0.517. The molecule has 1 aliphatic carbocycles. The number of benzene rings is 1. The normalized spacial score (nSPS) is 25.7. The average molecular weight is 289 g/mol. The molecule has 0 unspecified atom stereocenters. The molecular weight excluding hydrogens is 262 g/mol. The lowest BCUT2D eigenvalue weighted by molar-refractivity contribution is -0.134. The quantitative estimate of drug-likeness (QED) is 0.875. The van der Waals surface area contributed by atoms with Crippen molar-refractivity contribution in [1.82, 2.24) is 4.90 Å². The maximum absolute atomic E-state index is 13.0. The van der Waals surface area contributed by atoms with E-state index >= 15 is 0 Å². The van der Waals surface area contributed by atoms with E-state index in [1.165, 1.54) is 0 Å². The lowest BCUT2D eigenvalue weighted by Crippen LogP contribution is -2.41. The van der Waals surface area contributed by atoms with Crippen LogP contribution in [0.25, 0.3) is 0 Å². The van der Waals surface area contributed by atoms with Crippen LogP contribution in [0.2, 0.25) is 0 Å². The maximum atomic E-state index is 13.0. The summed E-state index contributed by atoms with van der Waals surface area (Å²) in [5.74, 6) is 0.376. The molecule has 21 heavy (non-hydrogen) atoms. The Balaban J connectivity index is 2.37. The molecule has 3 heteroatoms. The first-order chi connectivity index (χ1) is 9.98. The van der Waals surface area contributed by atoms with Crippen molar-refractivity contribution < 1.29 is 9.90 Å². The maximum Gasteiger partial charge on any atom is 0.233 e. The number of nitrogens with zero attached hydrogens (tertiary/aromatic N) is 1. The van der Waals surface area contributed by atoms with E-state index in [2.05, 4.69) is 0 Å². The first-order valence-electron chi connectivity index (χ1n) is 8.02. The zero-order valence-electron chi connectivity index (χ0n) is 13.5. The molecule has 0 spiro atoms. The van der Waals surface area contributed by atoms with Crippen LogP contribution in [0.3, 0.4) is 0 Å². The highest BCUT2D eigenvalue weighted by molar-refractivity contribution is 5.92. The molecule has 0 aliphatic heterocycles. The number of carbonyl (C=O) groups is 1. The Labute approximate surface area is 128 Å². The Morgan fingerprint density at radius 1 is 1.29 bits per heavy atom. The molecule has 3 nitrogen and oxygen atoms in total. The van der Waals surface area contributed by atoms with Gasteiger partial charge in [-0.1, -0.05) is 44.2 Å².